The van der Waals surface area contributed by atoms with Crippen molar-refractivity contribution < 1.29 is 32.8 Å². The van der Waals surface area contributed by atoms with Crippen LogP contribution in [0, 0.1) is 30.4 Å². The van der Waals surface area contributed by atoms with Crippen molar-refractivity contribution >= 4 is 58.0 Å². The quantitative estimate of drug-likeness (QED) is 0.169. The Labute approximate surface area is 355 Å². The van der Waals surface area contributed by atoms with Crippen LogP contribution in [0.15, 0.2) is 54.9 Å². The van der Waals surface area contributed by atoms with Gasteiger partial charge in [0.1, 0.15) is 28.9 Å². The lowest BCUT2D eigenvalue weighted by Gasteiger charge is -2.38. The first-order valence-electron chi connectivity index (χ1n) is 21.1. The molecule has 15 nitrogen and oxygen atoms in total. The largest absolute Gasteiger partial charge is 0.371 e. The van der Waals surface area contributed by atoms with E-state index in [0.717, 1.165) is 41.6 Å². The Balaban J connectivity index is 0.758. The molecule has 0 radical (unpaired) electrons. The zero-order valence-corrected chi connectivity index (χ0v) is 34.7. The number of nitrogens with zero attached hydrogens (tertiary/aromatic N) is 8. The van der Waals surface area contributed by atoms with Gasteiger partial charge < -0.3 is 19.7 Å². The van der Waals surface area contributed by atoms with Crippen LogP contribution in [0.3, 0.4) is 0 Å². The highest BCUT2D eigenvalue weighted by Crippen LogP contribution is 2.34. The third kappa shape index (κ3) is 7.64. The number of imidazole rings is 1. The second-order valence-electron chi connectivity index (χ2n) is 16.9. The van der Waals surface area contributed by atoms with Crippen molar-refractivity contribution in [2.75, 3.05) is 36.4 Å². The van der Waals surface area contributed by atoms with Gasteiger partial charge >= 0.3 is 0 Å². The average molecular weight is 845 g/mol. The van der Waals surface area contributed by atoms with Gasteiger partial charge in [0.25, 0.3) is 11.8 Å². The number of hydrogen-bond acceptors (Lipinski definition) is 11. The molecule has 1 atom stereocenters. The van der Waals surface area contributed by atoms with Gasteiger partial charge in [-0.2, -0.15) is 0 Å². The fourth-order valence-electron chi connectivity index (χ4n) is 9.41. The van der Waals surface area contributed by atoms with Crippen LogP contribution in [-0.2, 0) is 20.8 Å². The molecule has 7 heterocycles. The molecule has 2 N–H and O–H groups in total. The molecule has 0 bridgehead atoms. The van der Waals surface area contributed by atoms with Crippen LogP contribution in [0.2, 0.25) is 0 Å². The molecule has 0 saturated carbocycles. The van der Waals surface area contributed by atoms with Crippen molar-refractivity contribution in [2.45, 2.75) is 77.8 Å². The van der Waals surface area contributed by atoms with Gasteiger partial charge in [-0.05, 0) is 107 Å². The number of anilines is 3. The molecular formula is C45H46F2N10O5. The Kier molecular flexibility index (Phi) is 10.7. The Bertz CT molecular complexity index is 2630. The van der Waals surface area contributed by atoms with Crippen LogP contribution in [0.1, 0.15) is 90.5 Å². The normalized spacial score (nSPS) is 18.9. The Morgan fingerprint density at radius 3 is 2.32 bits per heavy atom. The first kappa shape index (κ1) is 40.7. The fraction of sp³-hybridized carbons (Fsp3) is 0.400. The number of nitrogens with one attached hydrogen (secondary N) is 2. The number of carbonyl (C=O) groups is 5. The van der Waals surface area contributed by atoms with Crippen molar-refractivity contribution in [2.24, 2.45) is 11.8 Å². The minimum Gasteiger partial charge on any atom is -0.371 e. The highest BCUT2D eigenvalue weighted by molar-refractivity contribution is 6.23. The minimum atomic E-state index is -1.01. The Morgan fingerprint density at radius 1 is 0.855 bits per heavy atom. The summed E-state index contributed by atoms with van der Waals surface area (Å²) in [5, 5.41) is 5.26. The summed E-state index contributed by atoms with van der Waals surface area (Å²) in [7, 11) is 0. The zero-order valence-electron chi connectivity index (χ0n) is 34.7. The standard InChI is InChI=1S/C45H46F2N10O5/c1-24(2)56-25(3)50-40-33(46)19-29(20-36(40)56)39-34(47)23-49-45(53-39)51-37-8-4-27(22-48-37)18-26-10-14-55(15-11-26)42(60)28-12-16-54(17-13-28)30-5-6-31-32(21-30)44(62)57(43(31)61)35-7-9-38(58)52-41(35)59/h4-6,8,19-24,26,28,35H,7,9-18H2,1-3H3,(H,52,58,59)(H,48,49,51,53). The Morgan fingerprint density at radius 2 is 1.61 bits per heavy atom. The van der Waals surface area contributed by atoms with Gasteiger partial charge in [-0.3, -0.25) is 34.2 Å². The van der Waals surface area contributed by atoms with E-state index in [9.17, 15) is 24.0 Å². The SMILES string of the molecule is Cc1nc2c(F)cc(-c3nc(Nc4ccc(CC5CCN(C(=O)C6CCN(c7ccc8c(c7)C(=O)N(C7CCC(=O)NC7=O)C8=O)CC6)CC5)cn4)ncc3F)cc2n1C(C)C. The van der Waals surface area contributed by atoms with Crippen molar-refractivity contribution in [1.29, 1.82) is 0 Å². The van der Waals surface area contributed by atoms with Crippen molar-refractivity contribution in [1.82, 2.24) is 39.6 Å². The van der Waals surface area contributed by atoms with E-state index in [4.69, 9.17) is 0 Å². The fourth-order valence-corrected chi connectivity index (χ4v) is 9.41. The van der Waals surface area contributed by atoms with Crippen LogP contribution in [0.4, 0.5) is 26.2 Å². The van der Waals surface area contributed by atoms with E-state index >= 15 is 8.78 Å². The lowest BCUT2D eigenvalue weighted by Crippen LogP contribution is -2.54. The summed E-state index contributed by atoms with van der Waals surface area (Å²) in [4.78, 5) is 86.6. The number of imide groups is 2. The highest BCUT2D eigenvalue weighted by atomic mass is 19.1. The number of hydrogen-bond donors (Lipinski definition) is 2. The van der Waals surface area contributed by atoms with E-state index in [-0.39, 0.29) is 64.6 Å². The lowest BCUT2D eigenvalue weighted by atomic mass is 9.89. The number of pyridine rings is 1. The van der Waals surface area contributed by atoms with E-state index in [1.54, 1.807) is 30.5 Å². The summed E-state index contributed by atoms with van der Waals surface area (Å²) in [5.41, 5.74) is 3.34. The second kappa shape index (κ2) is 16.3. The predicted molar refractivity (Wildman–Crippen MR) is 224 cm³/mol. The number of rotatable bonds is 9. The maximum Gasteiger partial charge on any atom is 0.262 e. The molecule has 0 aliphatic carbocycles. The molecule has 320 valence electrons. The van der Waals surface area contributed by atoms with Crippen LogP contribution < -0.4 is 15.5 Å². The molecular weight excluding hydrogens is 799 g/mol. The zero-order chi connectivity index (χ0) is 43.4. The van der Waals surface area contributed by atoms with Crippen LogP contribution in [0.25, 0.3) is 22.3 Å². The van der Waals surface area contributed by atoms with Crippen molar-refractivity contribution in [3.8, 4) is 11.3 Å². The summed E-state index contributed by atoms with van der Waals surface area (Å²) in [5.74, 6) is -1.65. The number of amides is 5. The molecule has 62 heavy (non-hydrogen) atoms. The van der Waals surface area contributed by atoms with Gasteiger partial charge in [0.15, 0.2) is 11.6 Å². The van der Waals surface area contributed by atoms with Gasteiger partial charge in [-0.1, -0.05) is 6.07 Å². The summed E-state index contributed by atoms with van der Waals surface area (Å²) in [6, 6.07) is 10.9. The third-order valence-electron chi connectivity index (χ3n) is 12.6. The molecule has 4 aliphatic rings. The molecule has 17 heteroatoms. The summed E-state index contributed by atoms with van der Waals surface area (Å²) in [6.45, 7) is 8.37. The number of aryl methyl sites for hydroxylation is 1. The molecule has 4 aliphatic heterocycles. The minimum absolute atomic E-state index is 0.0250. The van der Waals surface area contributed by atoms with E-state index < -0.39 is 41.3 Å². The summed E-state index contributed by atoms with van der Waals surface area (Å²) in [6.07, 6.45) is 6.90. The monoisotopic (exact) mass is 844 g/mol. The van der Waals surface area contributed by atoms with Crippen LogP contribution in [0.5, 0.6) is 0 Å². The van der Waals surface area contributed by atoms with E-state index in [0.29, 0.717) is 62.1 Å². The third-order valence-corrected chi connectivity index (χ3v) is 12.6. The van der Waals surface area contributed by atoms with E-state index in [1.807, 2.05) is 42.4 Å². The number of benzene rings is 2. The molecule has 3 saturated heterocycles. The number of aromatic nitrogens is 5. The van der Waals surface area contributed by atoms with Crippen molar-refractivity contribution in [3.05, 3.63) is 89.0 Å². The molecule has 3 aromatic heterocycles. The molecule has 2 aromatic carbocycles. The number of halogens is 2. The average Bonchev–Trinajstić information content (AvgIpc) is 3.74. The van der Waals surface area contributed by atoms with E-state index in [2.05, 4.69) is 35.5 Å². The number of piperidine rings is 3. The highest BCUT2D eigenvalue weighted by Gasteiger charge is 2.45. The Hall–Kier alpha value is -6.65. The van der Waals surface area contributed by atoms with Crippen molar-refractivity contribution in [3.63, 3.8) is 0 Å². The van der Waals surface area contributed by atoms with Gasteiger partial charge in [0, 0.05) is 62.0 Å². The van der Waals surface area contributed by atoms with Gasteiger partial charge in [0.2, 0.25) is 23.7 Å². The summed E-state index contributed by atoms with van der Waals surface area (Å²) >= 11 is 0. The number of carbonyl (C=O) groups excluding carboxylic acids is 5. The first-order valence-corrected chi connectivity index (χ1v) is 21.1. The number of fused-ring (bicyclic) bond motifs is 2. The molecule has 0 spiro atoms. The maximum absolute atomic E-state index is 15.2. The van der Waals surface area contributed by atoms with Gasteiger partial charge in [-0.25, -0.2) is 28.7 Å². The van der Waals surface area contributed by atoms with Gasteiger partial charge in [0.05, 0.1) is 22.8 Å². The molecule has 9 rings (SSSR count). The smallest absolute Gasteiger partial charge is 0.262 e. The molecule has 3 fully saturated rings. The molecule has 5 amide bonds. The van der Waals surface area contributed by atoms with E-state index in [1.165, 1.54) is 6.07 Å². The molecule has 1 unspecified atom stereocenters. The molecule has 5 aromatic rings. The predicted octanol–water partition coefficient (Wildman–Crippen LogP) is 5.90. The van der Waals surface area contributed by atoms with Crippen LogP contribution in [-0.4, -0.2) is 96.1 Å². The number of likely N-dealkylation sites (tertiary alicyclic amines) is 1. The first-order chi connectivity index (χ1) is 29.8. The topological polar surface area (TPSA) is 176 Å². The summed E-state index contributed by atoms with van der Waals surface area (Å²) < 4.78 is 32.1. The van der Waals surface area contributed by atoms with Gasteiger partial charge in [-0.15, -0.1) is 0 Å². The maximum atomic E-state index is 15.2. The second-order valence-corrected chi connectivity index (χ2v) is 16.9. The van der Waals surface area contributed by atoms with Crippen LogP contribution >= 0.6 is 0 Å². The lowest BCUT2D eigenvalue weighted by molar-refractivity contribution is -0.138.